The van der Waals surface area contributed by atoms with Gasteiger partial charge in [-0.3, -0.25) is 0 Å². The van der Waals surface area contributed by atoms with Crippen LogP contribution in [-0.4, -0.2) is 21.3 Å². The molecule has 0 spiro atoms. The van der Waals surface area contributed by atoms with Gasteiger partial charge in [0.1, 0.15) is 18.7 Å². The lowest BCUT2D eigenvalue weighted by Gasteiger charge is -2.08. The molecule has 0 aliphatic rings. The summed E-state index contributed by atoms with van der Waals surface area (Å²) in [5.41, 5.74) is 1.27. The largest absolute Gasteiger partial charge is 0.486 e. The Morgan fingerprint density at radius 1 is 1.20 bits per heavy atom. The summed E-state index contributed by atoms with van der Waals surface area (Å²) in [5, 5.41) is 7.50. The average molecular weight is 274 g/mol. The van der Waals surface area contributed by atoms with Crippen molar-refractivity contribution in [3.63, 3.8) is 0 Å². The molecule has 0 aliphatic carbocycles. The van der Waals surface area contributed by atoms with Gasteiger partial charge in [-0.05, 0) is 37.6 Å². The number of rotatable bonds is 8. The molecule has 0 fully saturated rings. The van der Waals surface area contributed by atoms with Gasteiger partial charge in [0, 0.05) is 13.1 Å². The van der Waals surface area contributed by atoms with Gasteiger partial charge in [-0.25, -0.2) is 9.67 Å². The number of hydrogen-bond donors (Lipinski definition) is 1. The van der Waals surface area contributed by atoms with Crippen LogP contribution in [0.5, 0.6) is 5.75 Å². The van der Waals surface area contributed by atoms with Gasteiger partial charge in [0.15, 0.2) is 5.82 Å². The van der Waals surface area contributed by atoms with Crippen LogP contribution in [-0.2, 0) is 19.7 Å². The Morgan fingerprint density at radius 2 is 2.00 bits per heavy atom. The summed E-state index contributed by atoms with van der Waals surface area (Å²) in [5.74, 6) is 1.70. The van der Waals surface area contributed by atoms with Gasteiger partial charge in [-0.2, -0.15) is 5.10 Å². The Labute approximate surface area is 120 Å². The second kappa shape index (κ2) is 7.65. The Morgan fingerprint density at radius 3 is 2.70 bits per heavy atom. The van der Waals surface area contributed by atoms with Crippen molar-refractivity contribution in [1.29, 1.82) is 0 Å². The molecule has 20 heavy (non-hydrogen) atoms. The van der Waals surface area contributed by atoms with Gasteiger partial charge >= 0.3 is 0 Å². The Bertz CT molecular complexity index is 507. The zero-order chi connectivity index (χ0) is 14.2. The summed E-state index contributed by atoms with van der Waals surface area (Å²) < 4.78 is 7.57. The maximum Gasteiger partial charge on any atom is 0.164 e. The average Bonchev–Trinajstić information content (AvgIpc) is 2.94. The predicted molar refractivity (Wildman–Crippen MR) is 78.5 cm³/mol. The monoisotopic (exact) mass is 274 g/mol. The summed E-state index contributed by atoms with van der Waals surface area (Å²) in [6.45, 7) is 7.40. The molecule has 0 amide bonds. The highest BCUT2D eigenvalue weighted by atomic mass is 16.5. The highest BCUT2D eigenvalue weighted by Crippen LogP contribution is 2.13. The van der Waals surface area contributed by atoms with E-state index in [4.69, 9.17) is 4.74 Å². The van der Waals surface area contributed by atoms with E-state index in [0.717, 1.165) is 37.6 Å². The summed E-state index contributed by atoms with van der Waals surface area (Å²) in [7, 11) is 0. The van der Waals surface area contributed by atoms with Crippen LogP contribution >= 0.6 is 0 Å². The lowest BCUT2D eigenvalue weighted by atomic mass is 10.2. The fraction of sp³-hybridized carbons (Fsp3) is 0.467. The molecule has 5 heteroatoms. The van der Waals surface area contributed by atoms with E-state index in [1.807, 2.05) is 23.7 Å². The topological polar surface area (TPSA) is 52.0 Å². The van der Waals surface area contributed by atoms with Crippen molar-refractivity contribution in [1.82, 2.24) is 20.1 Å². The zero-order valence-corrected chi connectivity index (χ0v) is 12.2. The molecular weight excluding hydrogens is 252 g/mol. The third-order valence-corrected chi connectivity index (χ3v) is 3.04. The number of nitrogens with zero attached hydrogens (tertiary/aromatic N) is 3. The van der Waals surface area contributed by atoms with Crippen LogP contribution in [0, 0.1) is 0 Å². The lowest BCUT2D eigenvalue weighted by Crippen LogP contribution is -2.13. The third-order valence-electron chi connectivity index (χ3n) is 3.04. The molecule has 2 aromatic rings. The second-order valence-corrected chi connectivity index (χ2v) is 4.60. The molecule has 1 aromatic carbocycles. The molecule has 2 rings (SSSR count). The first kappa shape index (κ1) is 14.5. The first-order chi connectivity index (χ1) is 9.83. The van der Waals surface area contributed by atoms with Crippen molar-refractivity contribution in [2.24, 2.45) is 0 Å². The van der Waals surface area contributed by atoms with Crippen LogP contribution in [0.3, 0.4) is 0 Å². The van der Waals surface area contributed by atoms with Crippen molar-refractivity contribution >= 4 is 0 Å². The van der Waals surface area contributed by atoms with E-state index in [2.05, 4.69) is 34.5 Å². The first-order valence-corrected chi connectivity index (χ1v) is 7.12. The number of nitrogens with one attached hydrogen (secondary N) is 1. The molecule has 1 N–H and O–H groups in total. The molecule has 0 saturated carbocycles. The Balaban J connectivity index is 1.84. The molecule has 0 bridgehead atoms. The van der Waals surface area contributed by atoms with Crippen molar-refractivity contribution in [2.75, 3.05) is 6.54 Å². The minimum atomic E-state index is 0.446. The summed E-state index contributed by atoms with van der Waals surface area (Å²) in [6.07, 6.45) is 2.71. The van der Waals surface area contributed by atoms with Crippen molar-refractivity contribution in [3.8, 4) is 5.75 Å². The van der Waals surface area contributed by atoms with Gasteiger partial charge in [-0.15, -0.1) is 0 Å². The number of hydrogen-bond acceptors (Lipinski definition) is 4. The fourth-order valence-electron chi connectivity index (χ4n) is 1.92. The van der Waals surface area contributed by atoms with E-state index in [-0.39, 0.29) is 0 Å². The Kier molecular flexibility index (Phi) is 5.55. The number of aromatic nitrogens is 3. The molecule has 108 valence electrons. The van der Waals surface area contributed by atoms with Crippen molar-refractivity contribution in [2.45, 2.75) is 40.0 Å². The molecule has 0 radical (unpaired) electrons. The summed E-state index contributed by atoms with van der Waals surface area (Å²) in [6, 6.07) is 8.16. The number of ether oxygens (including phenoxy) is 1. The maximum absolute atomic E-state index is 5.73. The van der Waals surface area contributed by atoms with Gasteiger partial charge in [0.2, 0.25) is 0 Å². The molecular formula is C15H22N4O. The standard InChI is InChI=1S/C15H22N4O/c1-3-9-16-10-13-5-7-14(8-6-13)20-11-15-17-12-18-19(15)4-2/h5-8,12,16H,3-4,9-11H2,1-2H3. The number of benzene rings is 1. The van der Waals surface area contributed by atoms with Gasteiger partial charge in [0.25, 0.3) is 0 Å². The number of aryl methyl sites for hydroxylation is 1. The fourth-order valence-corrected chi connectivity index (χ4v) is 1.92. The highest BCUT2D eigenvalue weighted by Gasteiger charge is 2.03. The molecule has 5 nitrogen and oxygen atoms in total. The molecule has 0 saturated heterocycles. The van der Waals surface area contributed by atoms with E-state index in [9.17, 15) is 0 Å². The van der Waals surface area contributed by atoms with E-state index in [1.54, 1.807) is 6.33 Å². The molecule has 0 aliphatic heterocycles. The predicted octanol–water partition coefficient (Wildman–Crippen LogP) is 2.38. The van der Waals surface area contributed by atoms with Crippen molar-refractivity contribution < 1.29 is 4.74 Å². The molecule has 1 heterocycles. The molecule has 0 unspecified atom stereocenters. The van der Waals surface area contributed by atoms with E-state index in [0.29, 0.717) is 6.61 Å². The highest BCUT2D eigenvalue weighted by molar-refractivity contribution is 5.27. The van der Waals surface area contributed by atoms with Crippen LogP contribution in [0.15, 0.2) is 30.6 Å². The minimum Gasteiger partial charge on any atom is -0.486 e. The maximum atomic E-state index is 5.73. The minimum absolute atomic E-state index is 0.446. The van der Waals surface area contributed by atoms with Crippen LogP contribution in [0.2, 0.25) is 0 Å². The summed E-state index contributed by atoms with van der Waals surface area (Å²) in [4.78, 5) is 4.19. The summed E-state index contributed by atoms with van der Waals surface area (Å²) >= 11 is 0. The van der Waals surface area contributed by atoms with E-state index in [1.165, 1.54) is 5.56 Å². The quantitative estimate of drug-likeness (QED) is 0.751. The van der Waals surface area contributed by atoms with E-state index >= 15 is 0 Å². The van der Waals surface area contributed by atoms with Crippen LogP contribution in [0.1, 0.15) is 31.7 Å². The van der Waals surface area contributed by atoms with Crippen LogP contribution in [0.25, 0.3) is 0 Å². The van der Waals surface area contributed by atoms with Gasteiger partial charge in [0.05, 0.1) is 0 Å². The van der Waals surface area contributed by atoms with E-state index < -0.39 is 0 Å². The van der Waals surface area contributed by atoms with Gasteiger partial charge < -0.3 is 10.1 Å². The van der Waals surface area contributed by atoms with Crippen LogP contribution in [0.4, 0.5) is 0 Å². The van der Waals surface area contributed by atoms with Crippen LogP contribution < -0.4 is 10.1 Å². The molecule has 1 aromatic heterocycles. The first-order valence-electron chi connectivity index (χ1n) is 7.12. The smallest absolute Gasteiger partial charge is 0.164 e. The zero-order valence-electron chi connectivity index (χ0n) is 12.2. The molecule has 0 atom stereocenters. The normalized spacial score (nSPS) is 10.7. The van der Waals surface area contributed by atoms with Gasteiger partial charge in [-0.1, -0.05) is 19.1 Å². The Hall–Kier alpha value is -1.88. The third kappa shape index (κ3) is 4.06. The van der Waals surface area contributed by atoms with Crippen molar-refractivity contribution in [3.05, 3.63) is 42.0 Å². The second-order valence-electron chi connectivity index (χ2n) is 4.60. The SMILES string of the molecule is CCCNCc1ccc(OCc2ncnn2CC)cc1. The lowest BCUT2D eigenvalue weighted by molar-refractivity contribution is 0.287.